The van der Waals surface area contributed by atoms with Crippen molar-refractivity contribution >= 4 is 75.9 Å². The predicted octanol–water partition coefficient (Wildman–Crippen LogP) is 12.4. The van der Waals surface area contributed by atoms with Gasteiger partial charge in [0.15, 0.2) is 0 Å². The standard InChI is InChI=1S/C46H28N2/c1-2-13-33(14-3-1)47-41-19-7-5-17-39(41)45-42(47)27-26-38-36-16-4-6-18-40(36)48(46(38)45)34-15-9-12-32(28-34)35-24-22-31-21-20-29-10-8-11-30-23-25-37(35)44(31)43(29)30/h1-28H. The fourth-order valence-electron chi connectivity index (χ4n) is 8.43. The zero-order valence-electron chi connectivity index (χ0n) is 26.1. The van der Waals surface area contributed by atoms with Crippen molar-refractivity contribution in [2.45, 2.75) is 0 Å². The Morgan fingerprint density at radius 3 is 1.77 bits per heavy atom. The molecule has 48 heavy (non-hydrogen) atoms. The van der Waals surface area contributed by atoms with E-state index in [0.29, 0.717) is 0 Å². The third-order valence-corrected chi connectivity index (χ3v) is 10.4. The molecule has 0 aliphatic heterocycles. The molecule has 0 atom stereocenters. The summed E-state index contributed by atoms with van der Waals surface area (Å²) in [6.07, 6.45) is 0. The average molecular weight is 609 g/mol. The largest absolute Gasteiger partial charge is 0.309 e. The smallest absolute Gasteiger partial charge is 0.0641 e. The van der Waals surface area contributed by atoms with Gasteiger partial charge in [0.2, 0.25) is 0 Å². The third kappa shape index (κ3) is 3.41. The van der Waals surface area contributed by atoms with Crippen molar-refractivity contribution in [1.29, 1.82) is 0 Å². The van der Waals surface area contributed by atoms with Gasteiger partial charge in [0.1, 0.15) is 0 Å². The molecule has 0 aliphatic rings. The van der Waals surface area contributed by atoms with Crippen molar-refractivity contribution in [2.75, 3.05) is 0 Å². The molecule has 0 fully saturated rings. The minimum Gasteiger partial charge on any atom is -0.309 e. The topological polar surface area (TPSA) is 9.86 Å². The Balaban J connectivity index is 1.23. The molecular formula is C46H28N2. The number of hydrogen-bond donors (Lipinski definition) is 0. The van der Waals surface area contributed by atoms with Crippen LogP contribution in [0.1, 0.15) is 0 Å². The highest BCUT2D eigenvalue weighted by Gasteiger charge is 2.21. The van der Waals surface area contributed by atoms with Crippen LogP contribution in [-0.4, -0.2) is 9.13 Å². The van der Waals surface area contributed by atoms with Crippen molar-refractivity contribution in [3.8, 4) is 22.5 Å². The molecule has 2 heterocycles. The summed E-state index contributed by atoms with van der Waals surface area (Å²) in [4.78, 5) is 0. The normalized spacial score (nSPS) is 12.2. The molecule has 2 heteroatoms. The molecule has 0 N–H and O–H groups in total. The van der Waals surface area contributed by atoms with Crippen molar-refractivity contribution < 1.29 is 0 Å². The van der Waals surface area contributed by atoms with Crippen LogP contribution in [0.25, 0.3) is 98.4 Å². The van der Waals surface area contributed by atoms with E-state index in [2.05, 4.69) is 179 Å². The summed E-state index contributed by atoms with van der Waals surface area (Å²) in [6, 6.07) is 62.5. The van der Waals surface area contributed by atoms with E-state index in [9.17, 15) is 0 Å². The molecule has 11 aromatic rings. The van der Waals surface area contributed by atoms with E-state index in [1.807, 2.05) is 0 Å². The second kappa shape index (κ2) is 9.57. The highest BCUT2D eigenvalue weighted by molar-refractivity contribution is 6.27. The second-order valence-electron chi connectivity index (χ2n) is 12.9. The van der Waals surface area contributed by atoms with Gasteiger partial charge in [-0.3, -0.25) is 0 Å². The zero-order chi connectivity index (χ0) is 31.3. The fourth-order valence-corrected chi connectivity index (χ4v) is 8.43. The zero-order valence-corrected chi connectivity index (χ0v) is 26.1. The van der Waals surface area contributed by atoms with Crippen LogP contribution >= 0.6 is 0 Å². The van der Waals surface area contributed by atoms with Gasteiger partial charge in [-0.05, 0) is 85.9 Å². The number of aromatic nitrogens is 2. The van der Waals surface area contributed by atoms with Gasteiger partial charge in [0.05, 0.1) is 22.1 Å². The van der Waals surface area contributed by atoms with Crippen LogP contribution in [0, 0.1) is 0 Å². The van der Waals surface area contributed by atoms with Crippen LogP contribution in [-0.2, 0) is 0 Å². The molecule has 0 aliphatic carbocycles. The minimum atomic E-state index is 1.16. The fraction of sp³-hybridized carbons (Fsp3) is 0. The first kappa shape index (κ1) is 25.8. The van der Waals surface area contributed by atoms with E-state index in [4.69, 9.17) is 0 Å². The highest BCUT2D eigenvalue weighted by Crippen LogP contribution is 2.43. The number of fused-ring (bicyclic) bond motifs is 7. The maximum atomic E-state index is 2.49. The minimum absolute atomic E-state index is 1.16. The summed E-state index contributed by atoms with van der Waals surface area (Å²) in [5.74, 6) is 0. The Morgan fingerprint density at radius 1 is 0.312 bits per heavy atom. The van der Waals surface area contributed by atoms with Crippen LogP contribution in [0.5, 0.6) is 0 Å². The molecule has 2 nitrogen and oxygen atoms in total. The van der Waals surface area contributed by atoms with Gasteiger partial charge in [0.25, 0.3) is 0 Å². The average Bonchev–Trinajstić information content (AvgIpc) is 3.67. The van der Waals surface area contributed by atoms with Crippen molar-refractivity contribution in [3.63, 3.8) is 0 Å². The predicted molar refractivity (Wildman–Crippen MR) is 204 cm³/mol. The summed E-state index contributed by atoms with van der Waals surface area (Å²) in [5, 5.41) is 12.9. The SMILES string of the molecule is c1ccc(-n2c3ccccc3c3c2ccc2c4ccccc4n(-c4cccc(-c5ccc6ccc7cccc8ccc5c6c78)c4)c23)cc1. The van der Waals surface area contributed by atoms with Gasteiger partial charge in [-0.15, -0.1) is 0 Å². The van der Waals surface area contributed by atoms with E-state index >= 15 is 0 Å². The number of benzene rings is 9. The van der Waals surface area contributed by atoms with Crippen LogP contribution in [0.4, 0.5) is 0 Å². The highest BCUT2D eigenvalue weighted by atomic mass is 15.0. The Kier molecular flexibility index (Phi) is 5.14. The molecule has 0 spiro atoms. The monoisotopic (exact) mass is 608 g/mol. The second-order valence-corrected chi connectivity index (χ2v) is 12.9. The van der Waals surface area contributed by atoms with E-state index < -0.39 is 0 Å². The summed E-state index contributed by atoms with van der Waals surface area (Å²) < 4.78 is 4.90. The number of para-hydroxylation sites is 3. The molecular weight excluding hydrogens is 581 g/mol. The Morgan fingerprint density at radius 2 is 0.938 bits per heavy atom. The van der Waals surface area contributed by atoms with E-state index in [-0.39, 0.29) is 0 Å². The van der Waals surface area contributed by atoms with Gasteiger partial charge < -0.3 is 9.13 Å². The van der Waals surface area contributed by atoms with Crippen LogP contribution < -0.4 is 0 Å². The van der Waals surface area contributed by atoms with E-state index in [1.54, 1.807) is 0 Å². The van der Waals surface area contributed by atoms with Crippen molar-refractivity contribution in [3.05, 3.63) is 170 Å². The molecule has 0 amide bonds. The summed E-state index contributed by atoms with van der Waals surface area (Å²) in [5.41, 5.74) is 9.68. The van der Waals surface area contributed by atoms with Gasteiger partial charge in [0, 0.05) is 32.9 Å². The lowest BCUT2D eigenvalue weighted by Gasteiger charge is -2.15. The Bertz CT molecular complexity index is 3030. The first-order valence-electron chi connectivity index (χ1n) is 16.6. The molecule has 0 saturated heterocycles. The maximum Gasteiger partial charge on any atom is 0.0641 e. The first-order chi connectivity index (χ1) is 23.8. The van der Waals surface area contributed by atoms with Gasteiger partial charge in [-0.1, -0.05) is 127 Å². The lowest BCUT2D eigenvalue weighted by atomic mass is 9.90. The van der Waals surface area contributed by atoms with Crippen LogP contribution in [0.3, 0.4) is 0 Å². The van der Waals surface area contributed by atoms with Crippen molar-refractivity contribution in [1.82, 2.24) is 9.13 Å². The van der Waals surface area contributed by atoms with Gasteiger partial charge in [-0.25, -0.2) is 0 Å². The van der Waals surface area contributed by atoms with Crippen molar-refractivity contribution in [2.24, 2.45) is 0 Å². The van der Waals surface area contributed by atoms with E-state index in [0.717, 1.165) is 5.69 Å². The summed E-state index contributed by atoms with van der Waals surface area (Å²) in [7, 11) is 0. The molecule has 0 saturated carbocycles. The first-order valence-corrected chi connectivity index (χ1v) is 16.6. The molecule has 9 aromatic carbocycles. The van der Waals surface area contributed by atoms with Gasteiger partial charge in [-0.2, -0.15) is 0 Å². The lowest BCUT2D eigenvalue weighted by Crippen LogP contribution is -1.96. The van der Waals surface area contributed by atoms with E-state index in [1.165, 1.54) is 92.7 Å². The molecule has 222 valence electrons. The molecule has 0 unspecified atom stereocenters. The number of nitrogens with zero attached hydrogens (tertiary/aromatic N) is 2. The molecule has 2 aromatic heterocycles. The molecule has 0 radical (unpaired) electrons. The van der Waals surface area contributed by atoms with Crippen LogP contribution in [0.15, 0.2) is 170 Å². The summed E-state index contributed by atoms with van der Waals surface area (Å²) >= 11 is 0. The Labute approximate surface area is 276 Å². The number of rotatable bonds is 3. The Hall–Kier alpha value is -6.38. The molecule has 11 rings (SSSR count). The molecule has 0 bridgehead atoms. The maximum absolute atomic E-state index is 2.49. The summed E-state index contributed by atoms with van der Waals surface area (Å²) in [6.45, 7) is 0. The third-order valence-electron chi connectivity index (χ3n) is 10.4. The number of hydrogen-bond acceptors (Lipinski definition) is 0. The van der Waals surface area contributed by atoms with Gasteiger partial charge >= 0.3 is 0 Å². The quantitative estimate of drug-likeness (QED) is 0.177. The lowest BCUT2D eigenvalue weighted by molar-refractivity contribution is 1.17. The van der Waals surface area contributed by atoms with Crippen LogP contribution in [0.2, 0.25) is 0 Å².